The predicted molar refractivity (Wildman–Crippen MR) is 162 cm³/mol. The van der Waals surface area contributed by atoms with Crippen LogP contribution in [0.4, 0.5) is 13.2 Å². The number of piperidine rings is 1. The smallest absolute Gasteiger partial charge is 0.416 e. The van der Waals surface area contributed by atoms with Gasteiger partial charge in [0.15, 0.2) is 11.5 Å². The number of ether oxygens (including phenoxy) is 1. The molecule has 44 heavy (non-hydrogen) atoms. The summed E-state index contributed by atoms with van der Waals surface area (Å²) in [6, 6.07) is 19.4. The highest BCUT2D eigenvalue weighted by Crippen LogP contribution is 2.69. The second-order valence-corrected chi connectivity index (χ2v) is 13.1. The van der Waals surface area contributed by atoms with E-state index in [2.05, 4.69) is 36.1 Å². The first kappa shape index (κ1) is 29.0. The number of nitrogens with zero attached hydrogens (tertiary/aromatic N) is 2. The van der Waals surface area contributed by atoms with Crippen LogP contribution in [0.2, 0.25) is 0 Å². The highest BCUT2D eigenvalue weighted by Gasteiger charge is 2.71. The second kappa shape index (κ2) is 10.4. The van der Waals surface area contributed by atoms with Crippen molar-refractivity contribution in [2.45, 2.75) is 68.8 Å². The number of phenolic OH excluding ortho intramolecular Hbond substituents is 1. The molecule has 7 rings (SSSR count). The minimum atomic E-state index is -4.45. The lowest BCUT2D eigenvalue weighted by Gasteiger charge is -2.66. The van der Waals surface area contributed by atoms with E-state index in [-0.39, 0.29) is 34.6 Å². The van der Waals surface area contributed by atoms with Crippen LogP contribution in [0.25, 0.3) is 6.08 Å². The maximum atomic E-state index is 13.5. The summed E-state index contributed by atoms with van der Waals surface area (Å²) in [6.45, 7) is 4.26. The molecule has 2 heterocycles. The molecule has 1 spiro atoms. The van der Waals surface area contributed by atoms with Gasteiger partial charge in [0.05, 0.1) is 11.6 Å². The van der Waals surface area contributed by atoms with Crippen molar-refractivity contribution in [3.63, 3.8) is 0 Å². The zero-order valence-electron chi connectivity index (χ0n) is 25.0. The molecule has 2 aliphatic heterocycles. The summed E-state index contributed by atoms with van der Waals surface area (Å²) in [6.07, 6.45) is 2.37. The first-order valence-corrected chi connectivity index (χ1v) is 15.4. The van der Waals surface area contributed by atoms with Crippen molar-refractivity contribution in [3.8, 4) is 11.5 Å². The van der Waals surface area contributed by atoms with Gasteiger partial charge in [0, 0.05) is 36.7 Å². The van der Waals surface area contributed by atoms with E-state index in [0.717, 1.165) is 62.9 Å². The lowest BCUT2D eigenvalue weighted by molar-refractivity contribution is -0.150. The Labute approximate surface area is 255 Å². The van der Waals surface area contributed by atoms with E-state index in [0.29, 0.717) is 17.4 Å². The molecular formula is C36H37F3N2O3. The molecule has 1 N–H and O–H groups in total. The number of carbonyl (C=O) groups excluding carboxylic acids is 1. The Morgan fingerprint density at radius 2 is 1.91 bits per heavy atom. The number of hydrogen-bond acceptors (Lipinski definition) is 4. The van der Waals surface area contributed by atoms with Gasteiger partial charge in [-0.2, -0.15) is 13.2 Å². The maximum Gasteiger partial charge on any atom is 0.416 e. The standard InChI is InChI=1S/C36H37F3N2O3/c1-34-17-15-27(40(2)30(43)14-11-24-9-6-10-26(21-24)36(37,38)39)33-35(34)18-20-41(19-16-23-7-4-3-5-8-23)29(34)22-25-12-13-28(42)32(44-33)31(25)35/h3-14,21,27,29,33,42H,15-20,22H2,1-2H3/b14-11+/t27?,29-,33?,34+,35+/m1/s1. The molecule has 3 aromatic rings. The topological polar surface area (TPSA) is 53.0 Å². The van der Waals surface area contributed by atoms with Crippen molar-refractivity contribution in [1.29, 1.82) is 0 Å². The van der Waals surface area contributed by atoms with Crippen molar-refractivity contribution in [3.05, 3.63) is 101 Å². The lowest BCUT2D eigenvalue weighted by atomic mass is 9.43. The summed E-state index contributed by atoms with van der Waals surface area (Å²) in [4.78, 5) is 17.9. The number of likely N-dealkylation sites (tertiary alicyclic amines) is 1. The molecule has 1 saturated heterocycles. The third-order valence-corrected chi connectivity index (χ3v) is 11.1. The monoisotopic (exact) mass is 602 g/mol. The van der Waals surface area contributed by atoms with Gasteiger partial charge in [0.25, 0.3) is 0 Å². The van der Waals surface area contributed by atoms with Crippen LogP contribution < -0.4 is 4.74 Å². The van der Waals surface area contributed by atoms with E-state index in [9.17, 15) is 23.1 Å². The van der Waals surface area contributed by atoms with Gasteiger partial charge >= 0.3 is 6.18 Å². The fourth-order valence-corrected chi connectivity index (χ4v) is 8.91. The molecule has 230 valence electrons. The molecule has 1 amide bonds. The number of halogens is 3. The normalized spacial score (nSPS) is 28.9. The van der Waals surface area contributed by atoms with Gasteiger partial charge in [-0.05, 0) is 85.0 Å². The molecule has 8 heteroatoms. The Kier molecular flexibility index (Phi) is 6.85. The van der Waals surface area contributed by atoms with Crippen molar-refractivity contribution in [1.82, 2.24) is 9.80 Å². The summed E-state index contributed by atoms with van der Waals surface area (Å²) in [5.41, 5.74) is 2.75. The lowest BCUT2D eigenvalue weighted by Crippen LogP contribution is -2.73. The summed E-state index contributed by atoms with van der Waals surface area (Å²) < 4.78 is 46.4. The fourth-order valence-electron chi connectivity index (χ4n) is 8.91. The molecule has 0 aromatic heterocycles. The minimum Gasteiger partial charge on any atom is -0.504 e. The van der Waals surface area contributed by atoms with Crippen molar-refractivity contribution < 1.29 is 27.8 Å². The molecule has 2 aliphatic carbocycles. The number of likely N-dealkylation sites (N-methyl/N-ethyl adjacent to an activating group) is 1. The number of carbonyl (C=O) groups is 1. The molecule has 3 aromatic carbocycles. The van der Waals surface area contributed by atoms with Gasteiger partial charge in [-0.1, -0.05) is 55.5 Å². The molecule has 2 fully saturated rings. The van der Waals surface area contributed by atoms with E-state index in [4.69, 9.17) is 4.74 Å². The highest BCUT2D eigenvalue weighted by molar-refractivity contribution is 5.92. The number of aromatic hydroxyl groups is 1. The van der Waals surface area contributed by atoms with E-state index >= 15 is 0 Å². The minimum absolute atomic E-state index is 0.118. The number of hydrogen-bond donors (Lipinski definition) is 1. The SMILES string of the molecule is CN(C(=O)/C=C/c1cccc(C(F)(F)F)c1)C1CC[C@@]2(C)[C@H]3Cc4ccc(O)c5c4[C@@]2(CCN3CCc2ccccc2)C1O5. The van der Waals surface area contributed by atoms with Gasteiger partial charge in [-0.25, -0.2) is 0 Å². The average Bonchev–Trinajstić information content (AvgIpc) is 3.36. The number of phenols is 1. The fraction of sp³-hybridized carbons (Fsp3) is 0.417. The van der Waals surface area contributed by atoms with E-state index in [1.165, 1.54) is 29.3 Å². The number of rotatable bonds is 6. The van der Waals surface area contributed by atoms with Crippen LogP contribution in [0.3, 0.4) is 0 Å². The van der Waals surface area contributed by atoms with Crippen LogP contribution >= 0.6 is 0 Å². The third-order valence-electron chi connectivity index (χ3n) is 11.1. The van der Waals surface area contributed by atoms with Gasteiger partial charge in [-0.3, -0.25) is 9.69 Å². The second-order valence-electron chi connectivity index (χ2n) is 13.1. The summed E-state index contributed by atoms with van der Waals surface area (Å²) >= 11 is 0. The van der Waals surface area contributed by atoms with Crippen LogP contribution in [0.1, 0.15) is 54.0 Å². The quantitative estimate of drug-likeness (QED) is 0.322. The Morgan fingerprint density at radius 1 is 1.11 bits per heavy atom. The van der Waals surface area contributed by atoms with E-state index < -0.39 is 11.7 Å². The molecule has 5 atom stereocenters. The molecule has 2 unspecified atom stereocenters. The summed E-state index contributed by atoms with van der Waals surface area (Å²) in [5, 5.41) is 11.0. The average molecular weight is 603 g/mol. The van der Waals surface area contributed by atoms with Crippen LogP contribution in [0, 0.1) is 5.41 Å². The van der Waals surface area contributed by atoms with Gasteiger partial charge in [0.1, 0.15) is 6.10 Å². The molecule has 0 radical (unpaired) electrons. The highest BCUT2D eigenvalue weighted by atomic mass is 19.4. The van der Waals surface area contributed by atoms with Crippen molar-refractivity contribution in [2.75, 3.05) is 20.1 Å². The van der Waals surface area contributed by atoms with Gasteiger partial charge in [-0.15, -0.1) is 0 Å². The number of amides is 1. The maximum absolute atomic E-state index is 13.5. The predicted octanol–water partition coefficient (Wildman–Crippen LogP) is 6.62. The van der Waals surface area contributed by atoms with E-state index in [1.807, 2.05) is 12.1 Å². The Hall–Kier alpha value is -3.78. The Bertz CT molecular complexity index is 1620. The largest absolute Gasteiger partial charge is 0.504 e. The van der Waals surface area contributed by atoms with Crippen molar-refractivity contribution >= 4 is 12.0 Å². The van der Waals surface area contributed by atoms with Gasteiger partial charge < -0.3 is 14.7 Å². The number of alkyl halides is 3. The molecule has 5 nitrogen and oxygen atoms in total. The Morgan fingerprint density at radius 3 is 2.68 bits per heavy atom. The van der Waals surface area contributed by atoms with Crippen LogP contribution in [-0.2, 0) is 29.2 Å². The van der Waals surface area contributed by atoms with Gasteiger partial charge in [0.2, 0.25) is 5.91 Å². The van der Waals surface area contributed by atoms with Crippen molar-refractivity contribution in [2.24, 2.45) is 5.41 Å². The van der Waals surface area contributed by atoms with Crippen LogP contribution in [0.15, 0.2) is 72.8 Å². The number of benzene rings is 3. The zero-order chi connectivity index (χ0) is 30.9. The molecule has 2 bridgehead atoms. The van der Waals surface area contributed by atoms with Crippen LogP contribution in [-0.4, -0.2) is 59.1 Å². The zero-order valence-corrected chi connectivity index (χ0v) is 25.0. The molecular weight excluding hydrogens is 565 g/mol. The molecule has 4 aliphatic rings. The molecule has 1 saturated carbocycles. The first-order valence-electron chi connectivity index (χ1n) is 15.4. The summed E-state index contributed by atoms with van der Waals surface area (Å²) in [7, 11) is 1.76. The Balaban J connectivity index is 1.19. The van der Waals surface area contributed by atoms with E-state index in [1.54, 1.807) is 24.1 Å². The van der Waals surface area contributed by atoms with Crippen LogP contribution in [0.5, 0.6) is 11.5 Å². The first-order chi connectivity index (χ1) is 21.0. The summed E-state index contributed by atoms with van der Waals surface area (Å²) in [5.74, 6) is 0.406. The third kappa shape index (κ3) is 4.36.